The van der Waals surface area contributed by atoms with Crippen molar-refractivity contribution < 1.29 is 4.79 Å². The number of anilines is 1. The zero-order valence-corrected chi connectivity index (χ0v) is 16.6. The molecule has 0 fully saturated rings. The fraction of sp³-hybridized carbons (Fsp3) is 0.238. The molecular weight excluding hydrogens is 386 g/mol. The largest absolute Gasteiger partial charge is 0.331 e. The maximum absolute atomic E-state index is 12.8. The van der Waals surface area contributed by atoms with Crippen LogP contribution < -0.4 is 21.7 Å². The quantitative estimate of drug-likeness (QED) is 0.447. The lowest BCUT2D eigenvalue weighted by molar-refractivity contribution is 0.0944. The third kappa shape index (κ3) is 4.27. The van der Waals surface area contributed by atoms with Crippen molar-refractivity contribution in [3.05, 3.63) is 70.3 Å². The number of amides is 1. The maximum Gasteiger partial charge on any atom is 0.269 e. The van der Waals surface area contributed by atoms with Crippen molar-refractivity contribution in [1.82, 2.24) is 20.4 Å². The van der Waals surface area contributed by atoms with Gasteiger partial charge in [0.1, 0.15) is 5.82 Å². The smallest absolute Gasteiger partial charge is 0.269 e. The topological polar surface area (TPSA) is 88.0 Å². The summed E-state index contributed by atoms with van der Waals surface area (Å²) in [6, 6.07) is 14.3. The van der Waals surface area contributed by atoms with Crippen molar-refractivity contribution in [3.63, 3.8) is 0 Å². The van der Waals surface area contributed by atoms with Crippen LogP contribution >= 0.6 is 12.2 Å². The van der Waals surface area contributed by atoms with E-state index in [1.165, 1.54) is 0 Å². The van der Waals surface area contributed by atoms with Crippen molar-refractivity contribution in [1.29, 1.82) is 0 Å². The van der Waals surface area contributed by atoms with Gasteiger partial charge in [-0.3, -0.25) is 25.0 Å². The third-order valence-electron chi connectivity index (χ3n) is 4.90. The Morgan fingerprint density at radius 1 is 1.03 bits per heavy atom. The molecule has 2 aromatic carbocycles. The van der Waals surface area contributed by atoms with E-state index in [0.717, 1.165) is 37.2 Å². The van der Waals surface area contributed by atoms with Gasteiger partial charge in [0, 0.05) is 24.2 Å². The van der Waals surface area contributed by atoms with Crippen LogP contribution in [0.5, 0.6) is 0 Å². The van der Waals surface area contributed by atoms with E-state index in [1.807, 2.05) is 30.3 Å². The number of aryl methyl sites for hydroxylation is 1. The highest BCUT2D eigenvalue weighted by atomic mass is 32.1. The minimum atomic E-state index is -0.360. The Labute approximate surface area is 173 Å². The Morgan fingerprint density at radius 2 is 1.86 bits per heavy atom. The lowest BCUT2D eigenvalue weighted by Gasteiger charge is -2.13. The summed E-state index contributed by atoms with van der Waals surface area (Å²) in [5.74, 6) is 0.435. The lowest BCUT2D eigenvalue weighted by Crippen LogP contribution is -2.43. The van der Waals surface area contributed by atoms with Gasteiger partial charge in [0.25, 0.3) is 11.5 Å². The number of benzene rings is 2. The van der Waals surface area contributed by atoms with Gasteiger partial charge in [-0.2, -0.15) is 0 Å². The molecule has 8 heteroatoms. The standard InChI is InChI=1S/C21H21N5O2S/c27-19(24-25-21(29)22-15-7-3-1-4-8-15)14-10-11-16-17(13-14)23-18-9-5-2-6-12-26(18)20(16)28/h1,3-4,7-8,10-11,13H,2,5-6,9,12H2,(H,24,27)(H2,22,25,29). The van der Waals surface area contributed by atoms with Crippen molar-refractivity contribution in [2.45, 2.75) is 32.2 Å². The molecule has 0 aliphatic carbocycles. The molecule has 0 saturated carbocycles. The van der Waals surface area contributed by atoms with Crippen molar-refractivity contribution >= 4 is 39.8 Å². The molecule has 7 nitrogen and oxygen atoms in total. The summed E-state index contributed by atoms with van der Waals surface area (Å²) in [6.45, 7) is 0.703. The van der Waals surface area contributed by atoms with Crippen LogP contribution in [0.4, 0.5) is 5.69 Å². The Kier molecular flexibility index (Phi) is 5.53. The Bertz CT molecular complexity index is 1130. The van der Waals surface area contributed by atoms with Crippen LogP contribution in [0.1, 0.15) is 35.4 Å². The minimum absolute atomic E-state index is 0.0368. The van der Waals surface area contributed by atoms with Crippen LogP contribution in [-0.4, -0.2) is 20.6 Å². The second-order valence-corrected chi connectivity index (χ2v) is 7.33. The van der Waals surface area contributed by atoms with E-state index in [0.29, 0.717) is 23.0 Å². The van der Waals surface area contributed by atoms with Gasteiger partial charge in [-0.05, 0) is 55.4 Å². The minimum Gasteiger partial charge on any atom is -0.331 e. The normalized spacial score (nSPS) is 13.2. The monoisotopic (exact) mass is 407 g/mol. The van der Waals surface area contributed by atoms with Gasteiger partial charge in [0.15, 0.2) is 5.11 Å². The number of hydrogen-bond donors (Lipinski definition) is 3. The van der Waals surface area contributed by atoms with E-state index in [2.05, 4.69) is 21.2 Å². The molecule has 1 aromatic heterocycles. The molecule has 0 atom stereocenters. The number of nitrogens with one attached hydrogen (secondary N) is 3. The van der Waals surface area contributed by atoms with Crippen LogP contribution in [0.2, 0.25) is 0 Å². The van der Waals surface area contributed by atoms with Crippen LogP contribution in [0.15, 0.2) is 53.3 Å². The second kappa shape index (κ2) is 8.40. The summed E-state index contributed by atoms with van der Waals surface area (Å²) in [7, 11) is 0. The van der Waals surface area contributed by atoms with Gasteiger partial charge >= 0.3 is 0 Å². The fourth-order valence-electron chi connectivity index (χ4n) is 3.43. The predicted octanol–water partition coefficient (Wildman–Crippen LogP) is 2.75. The number of carbonyl (C=O) groups excluding carboxylic acids is 1. The van der Waals surface area contributed by atoms with E-state index >= 15 is 0 Å². The highest BCUT2D eigenvalue weighted by Crippen LogP contribution is 2.16. The molecule has 1 aliphatic rings. The maximum atomic E-state index is 12.8. The molecule has 0 saturated heterocycles. The first kappa shape index (κ1) is 19.1. The Hall–Kier alpha value is -3.26. The first-order valence-electron chi connectivity index (χ1n) is 9.58. The molecular formula is C21H21N5O2S. The predicted molar refractivity (Wildman–Crippen MR) is 117 cm³/mol. The van der Waals surface area contributed by atoms with Gasteiger partial charge in [-0.15, -0.1) is 0 Å². The van der Waals surface area contributed by atoms with Crippen LogP contribution in [0.25, 0.3) is 10.9 Å². The SMILES string of the molecule is O=C(NNC(=S)Nc1ccccc1)c1ccc2c(=O)n3c(nc2c1)CCCCC3. The number of hydrazine groups is 1. The lowest BCUT2D eigenvalue weighted by atomic mass is 10.1. The third-order valence-corrected chi connectivity index (χ3v) is 5.10. The molecule has 0 radical (unpaired) electrons. The number of nitrogens with zero attached hydrogens (tertiary/aromatic N) is 2. The van der Waals surface area contributed by atoms with Gasteiger partial charge in [0.05, 0.1) is 10.9 Å². The van der Waals surface area contributed by atoms with Crippen molar-refractivity contribution in [2.75, 3.05) is 5.32 Å². The molecule has 2 heterocycles. The number of rotatable bonds is 2. The summed E-state index contributed by atoms with van der Waals surface area (Å²) >= 11 is 5.18. The summed E-state index contributed by atoms with van der Waals surface area (Å²) < 4.78 is 1.77. The highest BCUT2D eigenvalue weighted by molar-refractivity contribution is 7.80. The van der Waals surface area contributed by atoms with Gasteiger partial charge in [0.2, 0.25) is 0 Å². The number of fused-ring (bicyclic) bond motifs is 2. The fourth-order valence-corrected chi connectivity index (χ4v) is 3.60. The highest BCUT2D eigenvalue weighted by Gasteiger charge is 2.15. The summed E-state index contributed by atoms with van der Waals surface area (Å²) in [5.41, 5.74) is 6.97. The Balaban J connectivity index is 1.49. The second-order valence-electron chi connectivity index (χ2n) is 6.93. The first-order chi connectivity index (χ1) is 14.1. The van der Waals surface area contributed by atoms with E-state index in [4.69, 9.17) is 12.2 Å². The molecule has 0 spiro atoms. The molecule has 1 aliphatic heterocycles. The van der Waals surface area contributed by atoms with E-state index in [-0.39, 0.29) is 16.6 Å². The van der Waals surface area contributed by atoms with E-state index in [1.54, 1.807) is 22.8 Å². The summed E-state index contributed by atoms with van der Waals surface area (Å²) in [4.78, 5) is 29.9. The average molecular weight is 407 g/mol. The van der Waals surface area contributed by atoms with E-state index in [9.17, 15) is 9.59 Å². The molecule has 0 bridgehead atoms. The molecule has 4 rings (SSSR count). The molecule has 3 N–H and O–H groups in total. The van der Waals surface area contributed by atoms with Gasteiger partial charge in [-0.25, -0.2) is 4.98 Å². The number of hydrogen-bond acceptors (Lipinski definition) is 4. The number of aromatic nitrogens is 2. The average Bonchev–Trinajstić information content (AvgIpc) is 2.98. The molecule has 148 valence electrons. The summed E-state index contributed by atoms with van der Waals surface area (Å²) in [5, 5.41) is 3.77. The van der Waals surface area contributed by atoms with Crippen LogP contribution in [0, 0.1) is 0 Å². The number of para-hydroxylation sites is 1. The van der Waals surface area contributed by atoms with Crippen LogP contribution in [0.3, 0.4) is 0 Å². The summed E-state index contributed by atoms with van der Waals surface area (Å²) in [6.07, 6.45) is 3.88. The molecule has 1 amide bonds. The van der Waals surface area contributed by atoms with Crippen molar-refractivity contribution in [3.8, 4) is 0 Å². The zero-order valence-electron chi connectivity index (χ0n) is 15.8. The number of carbonyl (C=O) groups is 1. The van der Waals surface area contributed by atoms with Gasteiger partial charge in [-0.1, -0.05) is 24.6 Å². The number of thiocarbonyl (C=S) groups is 1. The Morgan fingerprint density at radius 3 is 2.69 bits per heavy atom. The molecule has 3 aromatic rings. The zero-order chi connectivity index (χ0) is 20.2. The van der Waals surface area contributed by atoms with Crippen molar-refractivity contribution in [2.24, 2.45) is 0 Å². The first-order valence-corrected chi connectivity index (χ1v) is 9.98. The van der Waals surface area contributed by atoms with Crippen LogP contribution in [-0.2, 0) is 13.0 Å². The van der Waals surface area contributed by atoms with Gasteiger partial charge < -0.3 is 5.32 Å². The van der Waals surface area contributed by atoms with E-state index < -0.39 is 0 Å². The molecule has 29 heavy (non-hydrogen) atoms. The molecule has 0 unspecified atom stereocenters.